The molecule has 0 aliphatic rings. The number of aromatic nitrogens is 3. The van der Waals surface area contributed by atoms with Crippen LogP contribution in [0.25, 0.3) is 11.2 Å². The molecule has 0 aliphatic carbocycles. The molecule has 0 spiro atoms. The third-order valence-corrected chi connectivity index (χ3v) is 2.61. The molecular formula is C12H10N4O2. The number of nitrogen functional groups attached to an aromatic ring is 1. The van der Waals surface area contributed by atoms with E-state index < -0.39 is 5.76 Å². The van der Waals surface area contributed by atoms with Crippen LogP contribution in [0.3, 0.4) is 0 Å². The largest absolute Gasteiger partial charge is 0.421 e. The van der Waals surface area contributed by atoms with Crippen molar-refractivity contribution in [2.24, 2.45) is 0 Å². The average molecular weight is 242 g/mol. The van der Waals surface area contributed by atoms with Crippen LogP contribution in [0, 0.1) is 0 Å². The number of anilines is 1. The second kappa shape index (κ2) is 3.99. The molecule has 0 atom stereocenters. The molecule has 18 heavy (non-hydrogen) atoms. The zero-order chi connectivity index (χ0) is 12.5. The first kappa shape index (κ1) is 10.5. The van der Waals surface area contributed by atoms with E-state index in [0.29, 0.717) is 23.6 Å². The molecule has 3 aromatic heterocycles. The summed E-state index contributed by atoms with van der Waals surface area (Å²) in [6, 6.07) is 6.94. The Bertz CT molecular complexity index is 743. The first-order chi connectivity index (χ1) is 8.74. The fourth-order valence-electron chi connectivity index (χ4n) is 1.75. The topological polar surface area (TPSA) is 86.9 Å². The highest BCUT2D eigenvalue weighted by Gasteiger charge is 2.10. The average Bonchev–Trinajstić information content (AvgIpc) is 2.69. The van der Waals surface area contributed by atoms with E-state index in [0.717, 1.165) is 5.56 Å². The zero-order valence-electron chi connectivity index (χ0n) is 9.41. The summed E-state index contributed by atoms with van der Waals surface area (Å²) in [7, 11) is 0. The summed E-state index contributed by atoms with van der Waals surface area (Å²) in [5.41, 5.74) is 7.38. The molecule has 0 saturated carbocycles. The molecule has 0 saturated heterocycles. The van der Waals surface area contributed by atoms with Crippen LogP contribution in [-0.2, 0) is 6.54 Å². The van der Waals surface area contributed by atoms with Gasteiger partial charge in [-0.3, -0.25) is 4.57 Å². The normalized spacial score (nSPS) is 10.9. The van der Waals surface area contributed by atoms with Crippen LogP contribution >= 0.6 is 0 Å². The number of oxazole rings is 1. The minimum atomic E-state index is -0.430. The zero-order valence-corrected chi connectivity index (χ0v) is 9.41. The molecule has 2 N–H and O–H groups in total. The molecule has 0 bridgehead atoms. The van der Waals surface area contributed by atoms with Gasteiger partial charge in [0.05, 0.1) is 6.54 Å². The number of fused-ring (bicyclic) bond motifs is 1. The van der Waals surface area contributed by atoms with Gasteiger partial charge in [-0.25, -0.2) is 14.8 Å². The van der Waals surface area contributed by atoms with E-state index in [9.17, 15) is 4.79 Å². The molecular weight excluding hydrogens is 232 g/mol. The predicted molar refractivity (Wildman–Crippen MR) is 66.0 cm³/mol. The van der Waals surface area contributed by atoms with E-state index in [1.54, 1.807) is 30.6 Å². The summed E-state index contributed by atoms with van der Waals surface area (Å²) in [5.74, 6) is 0.0156. The van der Waals surface area contributed by atoms with Crippen LogP contribution in [-0.4, -0.2) is 14.5 Å². The minimum absolute atomic E-state index is 0.357. The van der Waals surface area contributed by atoms with Crippen molar-refractivity contribution in [1.29, 1.82) is 0 Å². The number of hydrogen-bond donors (Lipinski definition) is 1. The van der Waals surface area contributed by atoms with Gasteiger partial charge in [0.2, 0.25) is 0 Å². The van der Waals surface area contributed by atoms with E-state index >= 15 is 0 Å². The number of nitrogens with zero attached hydrogens (tertiary/aromatic N) is 3. The lowest BCUT2D eigenvalue weighted by atomic mass is 10.3. The number of pyridine rings is 2. The highest BCUT2D eigenvalue weighted by Crippen LogP contribution is 2.11. The Labute approximate surface area is 102 Å². The van der Waals surface area contributed by atoms with Gasteiger partial charge in [-0.15, -0.1) is 0 Å². The molecule has 0 aromatic carbocycles. The Balaban J connectivity index is 2.07. The Morgan fingerprint density at radius 3 is 2.94 bits per heavy atom. The summed E-state index contributed by atoms with van der Waals surface area (Å²) < 4.78 is 6.56. The summed E-state index contributed by atoms with van der Waals surface area (Å²) >= 11 is 0. The third-order valence-electron chi connectivity index (χ3n) is 2.61. The lowest BCUT2D eigenvalue weighted by Crippen LogP contribution is -2.15. The second-order valence-corrected chi connectivity index (χ2v) is 3.87. The highest BCUT2D eigenvalue weighted by molar-refractivity contribution is 5.67. The van der Waals surface area contributed by atoms with Gasteiger partial charge in [-0.05, 0) is 23.8 Å². The van der Waals surface area contributed by atoms with Crippen molar-refractivity contribution in [1.82, 2.24) is 14.5 Å². The first-order valence-corrected chi connectivity index (χ1v) is 5.39. The van der Waals surface area contributed by atoms with E-state index in [4.69, 9.17) is 10.2 Å². The van der Waals surface area contributed by atoms with Crippen LogP contribution in [0.4, 0.5) is 5.82 Å². The van der Waals surface area contributed by atoms with E-state index in [-0.39, 0.29) is 0 Å². The molecule has 0 fully saturated rings. The van der Waals surface area contributed by atoms with Gasteiger partial charge in [0.25, 0.3) is 0 Å². The molecule has 90 valence electrons. The monoisotopic (exact) mass is 242 g/mol. The molecule has 0 amide bonds. The van der Waals surface area contributed by atoms with Crippen molar-refractivity contribution in [2.75, 3.05) is 5.73 Å². The van der Waals surface area contributed by atoms with E-state index in [1.807, 2.05) is 6.07 Å². The lowest BCUT2D eigenvalue weighted by Gasteiger charge is -2.01. The third kappa shape index (κ3) is 1.73. The van der Waals surface area contributed by atoms with Gasteiger partial charge in [0, 0.05) is 12.4 Å². The Morgan fingerprint density at radius 1 is 1.28 bits per heavy atom. The quantitative estimate of drug-likeness (QED) is 0.724. The van der Waals surface area contributed by atoms with Crippen molar-refractivity contribution in [3.63, 3.8) is 0 Å². The molecule has 3 heterocycles. The van der Waals surface area contributed by atoms with Crippen LogP contribution in [0.5, 0.6) is 0 Å². The summed E-state index contributed by atoms with van der Waals surface area (Å²) in [6.07, 6.45) is 3.25. The standard InChI is InChI=1S/C12H10N4O2/c13-10-4-3-8(6-15-10)7-16-11-9(18-12(16)17)2-1-5-14-11/h1-6H,7H2,(H2,13,15). The highest BCUT2D eigenvalue weighted by atomic mass is 16.4. The molecule has 6 heteroatoms. The van der Waals surface area contributed by atoms with Crippen molar-refractivity contribution in [2.45, 2.75) is 6.54 Å². The maximum Gasteiger partial charge on any atom is 0.421 e. The van der Waals surface area contributed by atoms with Gasteiger partial charge in [0.1, 0.15) is 5.82 Å². The van der Waals surface area contributed by atoms with Crippen molar-refractivity contribution in [3.8, 4) is 0 Å². The summed E-state index contributed by atoms with van der Waals surface area (Å²) in [5, 5.41) is 0. The Morgan fingerprint density at radius 2 is 2.17 bits per heavy atom. The van der Waals surface area contributed by atoms with Crippen LogP contribution in [0.15, 0.2) is 45.9 Å². The van der Waals surface area contributed by atoms with Crippen molar-refractivity contribution >= 4 is 17.0 Å². The van der Waals surface area contributed by atoms with Crippen LogP contribution in [0.2, 0.25) is 0 Å². The van der Waals surface area contributed by atoms with Gasteiger partial charge >= 0.3 is 5.76 Å². The van der Waals surface area contributed by atoms with Crippen LogP contribution < -0.4 is 11.5 Å². The second-order valence-electron chi connectivity index (χ2n) is 3.87. The maximum atomic E-state index is 11.7. The molecule has 0 unspecified atom stereocenters. The van der Waals surface area contributed by atoms with Crippen LogP contribution in [0.1, 0.15) is 5.56 Å². The van der Waals surface area contributed by atoms with Crippen molar-refractivity contribution < 1.29 is 4.42 Å². The smallest absolute Gasteiger partial charge is 0.406 e. The van der Waals surface area contributed by atoms with Gasteiger partial charge in [0.15, 0.2) is 11.2 Å². The van der Waals surface area contributed by atoms with Crippen molar-refractivity contribution in [3.05, 3.63) is 52.8 Å². The SMILES string of the molecule is Nc1ccc(Cn2c(=O)oc3cccnc32)cn1. The number of rotatable bonds is 2. The molecule has 0 radical (unpaired) electrons. The van der Waals surface area contributed by atoms with Gasteiger partial charge < -0.3 is 10.2 Å². The first-order valence-electron chi connectivity index (χ1n) is 5.39. The minimum Gasteiger partial charge on any atom is -0.406 e. The van der Waals surface area contributed by atoms with Gasteiger partial charge in [-0.2, -0.15) is 0 Å². The fourth-order valence-corrected chi connectivity index (χ4v) is 1.75. The molecule has 0 aliphatic heterocycles. The maximum absolute atomic E-state index is 11.7. The molecule has 3 rings (SSSR count). The predicted octanol–water partition coefficient (Wildman–Crippen LogP) is 1.02. The number of hydrogen-bond acceptors (Lipinski definition) is 5. The number of nitrogens with two attached hydrogens (primary N) is 1. The van der Waals surface area contributed by atoms with E-state index in [1.165, 1.54) is 4.57 Å². The summed E-state index contributed by atoms with van der Waals surface area (Å²) in [6.45, 7) is 0.357. The lowest BCUT2D eigenvalue weighted by molar-refractivity contribution is 0.517. The molecule has 6 nitrogen and oxygen atoms in total. The van der Waals surface area contributed by atoms with Gasteiger partial charge in [-0.1, -0.05) is 6.07 Å². The summed E-state index contributed by atoms with van der Waals surface area (Å²) in [4.78, 5) is 19.8. The Kier molecular flexibility index (Phi) is 2.33. The fraction of sp³-hybridized carbons (Fsp3) is 0.0833. The Hall–Kier alpha value is -2.63. The molecule has 3 aromatic rings. The van der Waals surface area contributed by atoms with E-state index in [2.05, 4.69) is 9.97 Å².